The van der Waals surface area contributed by atoms with Crippen molar-refractivity contribution in [3.05, 3.63) is 23.3 Å². The molecule has 2 atom stereocenters. The monoisotopic (exact) mass is 168 g/mol. The molecule has 1 heteroatoms. The molecule has 2 rings (SSSR count). The standard InChI is InChI=1S/C10H13Cl/c11-10-7-3-5-8-4-1-2-6-9(8)10/h3,5,7-9H,1-2,4,6H2/t8-,9-/m0/s1. The lowest BCUT2D eigenvalue weighted by Gasteiger charge is -2.30. The second kappa shape index (κ2) is 3.02. The van der Waals surface area contributed by atoms with Crippen molar-refractivity contribution in [1.29, 1.82) is 0 Å². The lowest BCUT2D eigenvalue weighted by atomic mass is 9.77. The van der Waals surface area contributed by atoms with Gasteiger partial charge in [0, 0.05) is 11.0 Å². The molecule has 0 spiro atoms. The zero-order valence-electron chi connectivity index (χ0n) is 6.59. The topological polar surface area (TPSA) is 0 Å². The Balaban J connectivity index is 2.16. The van der Waals surface area contributed by atoms with E-state index >= 15 is 0 Å². The first-order valence-electron chi connectivity index (χ1n) is 4.42. The SMILES string of the molecule is ClC1=CC=C[C@@H]2CCCC[C@H]12. The smallest absolute Gasteiger partial charge is 0.0217 e. The number of hydrogen-bond donors (Lipinski definition) is 0. The molecule has 0 nitrogen and oxygen atoms in total. The highest BCUT2D eigenvalue weighted by Crippen LogP contribution is 2.39. The van der Waals surface area contributed by atoms with E-state index in [1.165, 1.54) is 25.7 Å². The van der Waals surface area contributed by atoms with Gasteiger partial charge >= 0.3 is 0 Å². The van der Waals surface area contributed by atoms with Gasteiger partial charge in [-0.15, -0.1) is 0 Å². The highest BCUT2D eigenvalue weighted by Gasteiger charge is 2.26. The maximum absolute atomic E-state index is 6.10. The molecule has 2 aliphatic rings. The zero-order valence-corrected chi connectivity index (χ0v) is 7.35. The van der Waals surface area contributed by atoms with E-state index in [9.17, 15) is 0 Å². The highest BCUT2D eigenvalue weighted by atomic mass is 35.5. The normalized spacial score (nSPS) is 36.3. The first-order chi connectivity index (χ1) is 5.38. The maximum atomic E-state index is 6.10. The summed E-state index contributed by atoms with van der Waals surface area (Å²) in [5.74, 6) is 1.41. The van der Waals surface area contributed by atoms with Crippen molar-refractivity contribution in [2.75, 3.05) is 0 Å². The van der Waals surface area contributed by atoms with E-state index in [-0.39, 0.29) is 0 Å². The summed E-state index contributed by atoms with van der Waals surface area (Å²) in [6, 6.07) is 0. The summed E-state index contributed by atoms with van der Waals surface area (Å²) in [6.07, 6.45) is 11.9. The molecule has 0 radical (unpaired) electrons. The molecule has 60 valence electrons. The molecule has 0 heterocycles. The number of hydrogen-bond acceptors (Lipinski definition) is 0. The molecule has 0 aromatic heterocycles. The van der Waals surface area contributed by atoms with E-state index in [1.807, 2.05) is 6.08 Å². The van der Waals surface area contributed by atoms with Gasteiger partial charge in [-0.05, 0) is 24.8 Å². The maximum Gasteiger partial charge on any atom is 0.0217 e. The van der Waals surface area contributed by atoms with Crippen LogP contribution in [-0.4, -0.2) is 0 Å². The van der Waals surface area contributed by atoms with E-state index in [0.29, 0.717) is 5.92 Å². The largest absolute Gasteiger partial charge is 0.0888 e. The molecular formula is C10H13Cl. The van der Waals surface area contributed by atoms with E-state index in [4.69, 9.17) is 11.6 Å². The molecule has 2 aliphatic carbocycles. The van der Waals surface area contributed by atoms with Gasteiger partial charge in [0.25, 0.3) is 0 Å². The zero-order chi connectivity index (χ0) is 7.68. The Morgan fingerprint density at radius 2 is 2.09 bits per heavy atom. The summed E-state index contributed by atoms with van der Waals surface area (Å²) >= 11 is 6.10. The van der Waals surface area contributed by atoms with Crippen LogP contribution in [0, 0.1) is 11.8 Å². The lowest BCUT2D eigenvalue weighted by Crippen LogP contribution is -2.19. The second-order valence-corrected chi connectivity index (χ2v) is 3.93. The fraction of sp³-hybridized carbons (Fsp3) is 0.600. The number of fused-ring (bicyclic) bond motifs is 1. The lowest BCUT2D eigenvalue weighted by molar-refractivity contribution is 0.329. The molecule has 1 saturated carbocycles. The Bertz CT molecular complexity index is 203. The van der Waals surface area contributed by atoms with E-state index in [1.54, 1.807) is 0 Å². The fourth-order valence-corrected chi connectivity index (χ4v) is 2.49. The minimum absolute atomic E-state index is 0.662. The molecule has 0 aliphatic heterocycles. The van der Waals surface area contributed by atoms with E-state index in [2.05, 4.69) is 12.2 Å². The Morgan fingerprint density at radius 1 is 1.27 bits per heavy atom. The minimum Gasteiger partial charge on any atom is -0.0888 e. The first kappa shape index (κ1) is 7.42. The number of rotatable bonds is 0. The fourth-order valence-electron chi connectivity index (χ4n) is 2.15. The third kappa shape index (κ3) is 1.37. The van der Waals surface area contributed by atoms with Crippen LogP contribution in [0.15, 0.2) is 23.3 Å². The van der Waals surface area contributed by atoms with Gasteiger partial charge < -0.3 is 0 Å². The summed E-state index contributed by atoms with van der Waals surface area (Å²) in [6.45, 7) is 0. The molecule has 0 unspecified atom stereocenters. The Kier molecular flexibility index (Phi) is 2.04. The van der Waals surface area contributed by atoms with Gasteiger partial charge in [-0.25, -0.2) is 0 Å². The van der Waals surface area contributed by atoms with Gasteiger partial charge in [0.2, 0.25) is 0 Å². The van der Waals surface area contributed by atoms with E-state index < -0.39 is 0 Å². The second-order valence-electron chi connectivity index (χ2n) is 3.49. The van der Waals surface area contributed by atoms with Gasteiger partial charge in [-0.2, -0.15) is 0 Å². The average Bonchev–Trinajstić information content (AvgIpc) is 2.06. The quantitative estimate of drug-likeness (QED) is 0.520. The van der Waals surface area contributed by atoms with Crippen LogP contribution in [0.25, 0.3) is 0 Å². The predicted molar refractivity (Wildman–Crippen MR) is 48.5 cm³/mol. The van der Waals surface area contributed by atoms with Gasteiger partial charge in [0.1, 0.15) is 0 Å². The van der Waals surface area contributed by atoms with Gasteiger partial charge in [-0.3, -0.25) is 0 Å². The molecule has 0 N–H and O–H groups in total. The summed E-state index contributed by atoms with van der Waals surface area (Å²) in [4.78, 5) is 0. The molecule has 11 heavy (non-hydrogen) atoms. The van der Waals surface area contributed by atoms with Crippen LogP contribution in [0.2, 0.25) is 0 Å². The number of halogens is 1. The molecular weight excluding hydrogens is 156 g/mol. The van der Waals surface area contributed by atoms with Crippen molar-refractivity contribution < 1.29 is 0 Å². The van der Waals surface area contributed by atoms with Crippen molar-refractivity contribution in [3.63, 3.8) is 0 Å². The minimum atomic E-state index is 0.662. The Morgan fingerprint density at radius 3 is 2.91 bits per heavy atom. The molecule has 0 amide bonds. The highest BCUT2D eigenvalue weighted by molar-refractivity contribution is 6.30. The first-order valence-corrected chi connectivity index (χ1v) is 4.79. The number of allylic oxidation sites excluding steroid dienone is 4. The third-order valence-electron chi connectivity index (χ3n) is 2.79. The van der Waals surface area contributed by atoms with Crippen LogP contribution in [0.5, 0.6) is 0 Å². The third-order valence-corrected chi connectivity index (χ3v) is 3.19. The van der Waals surface area contributed by atoms with Gasteiger partial charge in [0.05, 0.1) is 0 Å². The van der Waals surface area contributed by atoms with Crippen LogP contribution in [0.4, 0.5) is 0 Å². The van der Waals surface area contributed by atoms with Crippen molar-refractivity contribution >= 4 is 11.6 Å². The molecule has 1 fully saturated rings. The summed E-state index contributed by atoms with van der Waals surface area (Å²) < 4.78 is 0. The van der Waals surface area contributed by atoms with Crippen LogP contribution in [-0.2, 0) is 0 Å². The predicted octanol–water partition coefficient (Wildman–Crippen LogP) is 3.49. The molecule has 0 saturated heterocycles. The molecule has 0 aromatic rings. The van der Waals surface area contributed by atoms with Crippen LogP contribution in [0.3, 0.4) is 0 Å². The molecule has 0 bridgehead atoms. The Labute approximate surface area is 72.9 Å². The van der Waals surface area contributed by atoms with Crippen LogP contribution in [0.1, 0.15) is 25.7 Å². The average molecular weight is 169 g/mol. The molecule has 0 aromatic carbocycles. The van der Waals surface area contributed by atoms with Gasteiger partial charge in [-0.1, -0.05) is 36.6 Å². The van der Waals surface area contributed by atoms with Crippen molar-refractivity contribution in [2.24, 2.45) is 11.8 Å². The summed E-state index contributed by atoms with van der Waals surface area (Å²) in [5.41, 5.74) is 0. The van der Waals surface area contributed by atoms with E-state index in [0.717, 1.165) is 11.0 Å². The Hall–Kier alpha value is -0.230. The van der Waals surface area contributed by atoms with Crippen molar-refractivity contribution in [2.45, 2.75) is 25.7 Å². The van der Waals surface area contributed by atoms with Crippen LogP contribution >= 0.6 is 11.6 Å². The van der Waals surface area contributed by atoms with Crippen molar-refractivity contribution in [1.82, 2.24) is 0 Å². The van der Waals surface area contributed by atoms with Crippen molar-refractivity contribution in [3.8, 4) is 0 Å². The van der Waals surface area contributed by atoms with Crippen LogP contribution < -0.4 is 0 Å². The summed E-state index contributed by atoms with van der Waals surface area (Å²) in [5, 5.41) is 1.08. The summed E-state index contributed by atoms with van der Waals surface area (Å²) in [7, 11) is 0. The van der Waals surface area contributed by atoms with Gasteiger partial charge in [0.15, 0.2) is 0 Å².